The Balaban J connectivity index is 2.83. The first-order valence-electron chi connectivity index (χ1n) is 8.56. The van der Waals surface area contributed by atoms with Crippen molar-refractivity contribution in [2.45, 2.75) is 71.0 Å². The highest BCUT2D eigenvalue weighted by molar-refractivity contribution is 7.12. The summed E-state index contributed by atoms with van der Waals surface area (Å²) < 4.78 is 6.26. The molecule has 1 aromatic heterocycles. The van der Waals surface area contributed by atoms with Gasteiger partial charge in [0.25, 0.3) is 0 Å². The molecule has 0 fully saturated rings. The molecular formula is C19H30N2OSSi. The van der Waals surface area contributed by atoms with Gasteiger partial charge >= 0.3 is 0 Å². The minimum Gasteiger partial charge on any atom is -0.417 e. The smallest absolute Gasteiger partial charge is 0.191 e. The van der Waals surface area contributed by atoms with Crippen LogP contribution in [-0.4, -0.2) is 14.9 Å². The Morgan fingerprint density at radius 1 is 1.21 bits per heavy atom. The Morgan fingerprint density at radius 3 is 2.25 bits per heavy atom. The lowest BCUT2D eigenvalue weighted by Gasteiger charge is -2.36. The monoisotopic (exact) mass is 362 g/mol. The van der Waals surface area contributed by atoms with Crippen LogP contribution in [0.25, 0.3) is 0 Å². The third kappa shape index (κ3) is 4.48. The molecule has 132 valence electrons. The summed E-state index contributed by atoms with van der Waals surface area (Å²) >= 11 is 1.44. The van der Waals surface area contributed by atoms with Crippen molar-refractivity contribution >= 4 is 19.7 Å². The van der Waals surface area contributed by atoms with Crippen LogP contribution in [0.15, 0.2) is 12.1 Å². The summed E-state index contributed by atoms with van der Waals surface area (Å²) in [5.41, 5.74) is -0.531. The second-order valence-corrected chi connectivity index (χ2v) is 14.1. The van der Waals surface area contributed by atoms with Gasteiger partial charge in [0.2, 0.25) is 0 Å². The zero-order chi connectivity index (χ0) is 18.6. The summed E-state index contributed by atoms with van der Waals surface area (Å²) in [6.45, 7) is 16.1. The van der Waals surface area contributed by atoms with Crippen molar-refractivity contribution in [3.63, 3.8) is 0 Å². The fourth-order valence-corrected chi connectivity index (χ4v) is 4.68. The summed E-state index contributed by atoms with van der Waals surface area (Å²) in [5, 5.41) is 19.2. The summed E-state index contributed by atoms with van der Waals surface area (Å²) in [4.78, 5) is 1.67. The van der Waals surface area contributed by atoms with Crippen LogP contribution in [0.3, 0.4) is 0 Å². The van der Waals surface area contributed by atoms with Gasteiger partial charge in [0.05, 0.1) is 11.5 Å². The van der Waals surface area contributed by atoms with E-state index in [0.717, 1.165) is 17.7 Å². The molecule has 0 spiro atoms. The Morgan fingerprint density at radius 2 is 1.83 bits per heavy atom. The van der Waals surface area contributed by atoms with Crippen molar-refractivity contribution in [1.29, 1.82) is 10.5 Å². The number of rotatable bonds is 7. The van der Waals surface area contributed by atoms with E-state index in [1.807, 2.05) is 12.1 Å². The van der Waals surface area contributed by atoms with E-state index >= 15 is 0 Å². The maximum atomic E-state index is 9.91. The molecule has 24 heavy (non-hydrogen) atoms. The second kappa shape index (κ2) is 7.83. The SMILES string of the molecule is CC(C)C(C#N)(CCCO[Si](C)(C)C(C)(C)C)c1ccc(C#N)s1. The Labute approximate surface area is 152 Å². The largest absolute Gasteiger partial charge is 0.417 e. The molecule has 0 aliphatic carbocycles. The fraction of sp³-hybridized carbons (Fsp3) is 0.684. The maximum absolute atomic E-state index is 9.91. The van der Waals surface area contributed by atoms with E-state index in [2.05, 4.69) is 59.9 Å². The summed E-state index contributed by atoms with van der Waals surface area (Å²) in [6, 6.07) is 8.50. The van der Waals surface area contributed by atoms with Gasteiger partial charge < -0.3 is 4.43 Å². The van der Waals surface area contributed by atoms with Gasteiger partial charge in [-0.15, -0.1) is 11.3 Å². The predicted molar refractivity (Wildman–Crippen MR) is 104 cm³/mol. The van der Waals surface area contributed by atoms with Crippen LogP contribution in [0.5, 0.6) is 0 Å². The van der Waals surface area contributed by atoms with E-state index < -0.39 is 13.7 Å². The van der Waals surface area contributed by atoms with E-state index in [0.29, 0.717) is 11.5 Å². The van der Waals surface area contributed by atoms with Gasteiger partial charge in [-0.1, -0.05) is 34.6 Å². The highest BCUT2D eigenvalue weighted by atomic mass is 32.1. The lowest BCUT2D eigenvalue weighted by molar-refractivity contribution is 0.256. The first-order valence-corrected chi connectivity index (χ1v) is 12.3. The van der Waals surface area contributed by atoms with Gasteiger partial charge in [0.15, 0.2) is 8.32 Å². The molecule has 0 N–H and O–H groups in total. The van der Waals surface area contributed by atoms with Gasteiger partial charge in [0, 0.05) is 11.5 Å². The zero-order valence-corrected chi connectivity index (χ0v) is 17.9. The Hall–Kier alpha value is -1.14. The van der Waals surface area contributed by atoms with E-state index in [9.17, 15) is 5.26 Å². The quantitative estimate of drug-likeness (QED) is 0.452. The lowest BCUT2D eigenvalue weighted by Crippen LogP contribution is -2.41. The Bertz CT molecular complexity index is 631. The van der Waals surface area contributed by atoms with Gasteiger partial charge in [-0.2, -0.15) is 10.5 Å². The van der Waals surface area contributed by atoms with Crippen LogP contribution in [0.2, 0.25) is 18.1 Å². The first-order chi connectivity index (χ1) is 11.0. The number of nitriles is 2. The molecule has 1 heterocycles. The highest BCUT2D eigenvalue weighted by Crippen LogP contribution is 2.41. The van der Waals surface area contributed by atoms with Crippen molar-refractivity contribution in [2.75, 3.05) is 6.61 Å². The van der Waals surface area contributed by atoms with Crippen LogP contribution in [-0.2, 0) is 9.84 Å². The van der Waals surface area contributed by atoms with Crippen LogP contribution < -0.4 is 0 Å². The molecule has 0 saturated carbocycles. The number of hydrogen-bond donors (Lipinski definition) is 0. The molecule has 0 aliphatic rings. The topological polar surface area (TPSA) is 56.8 Å². The molecule has 0 aliphatic heterocycles. The molecular weight excluding hydrogens is 332 g/mol. The standard InChI is InChI=1S/C19H30N2OSSi/c1-15(2)19(14-21,17-10-9-16(13-20)23-17)11-8-12-22-24(6,7)18(3,4)5/h9-10,15H,8,11-12H2,1-7H3. The van der Waals surface area contributed by atoms with Crippen molar-refractivity contribution in [1.82, 2.24) is 0 Å². The molecule has 3 nitrogen and oxygen atoms in total. The van der Waals surface area contributed by atoms with Gasteiger partial charge in [-0.25, -0.2) is 0 Å². The van der Waals surface area contributed by atoms with Crippen LogP contribution in [0.1, 0.15) is 57.2 Å². The molecule has 0 aromatic carbocycles. The van der Waals surface area contributed by atoms with Gasteiger partial charge in [0.1, 0.15) is 10.9 Å². The molecule has 0 radical (unpaired) electrons. The third-order valence-electron chi connectivity index (χ3n) is 5.33. The third-order valence-corrected chi connectivity index (χ3v) is 11.0. The number of nitrogens with zero attached hydrogens (tertiary/aromatic N) is 2. The normalized spacial score (nSPS) is 14.9. The minimum atomic E-state index is -1.74. The zero-order valence-electron chi connectivity index (χ0n) is 16.1. The molecule has 1 aromatic rings. The average molecular weight is 363 g/mol. The van der Waals surface area contributed by atoms with Crippen molar-refractivity contribution < 1.29 is 4.43 Å². The average Bonchev–Trinajstić information content (AvgIpc) is 2.95. The van der Waals surface area contributed by atoms with Crippen molar-refractivity contribution in [3.05, 3.63) is 21.9 Å². The Kier molecular flexibility index (Phi) is 6.81. The molecule has 1 atom stereocenters. The summed E-state index contributed by atoms with van der Waals surface area (Å²) in [7, 11) is -1.74. The molecule has 5 heteroatoms. The van der Waals surface area contributed by atoms with E-state index in [1.165, 1.54) is 11.3 Å². The maximum Gasteiger partial charge on any atom is 0.191 e. The molecule has 0 amide bonds. The minimum absolute atomic E-state index is 0.195. The van der Waals surface area contributed by atoms with E-state index in [1.54, 1.807) is 0 Å². The predicted octanol–water partition coefficient (Wildman–Crippen LogP) is 5.84. The van der Waals surface area contributed by atoms with Crippen LogP contribution in [0, 0.1) is 28.6 Å². The highest BCUT2D eigenvalue weighted by Gasteiger charge is 2.39. The van der Waals surface area contributed by atoms with Crippen LogP contribution >= 0.6 is 11.3 Å². The van der Waals surface area contributed by atoms with E-state index in [4.69, 9.17) is 9.69 Å². The summed E-state index contributed by atoms with van der Waals surface area (Å²) in [5.74, 6) is 0.195. The van der Waals surface area contributed by atoms with Crippen LogP contribution in [0.4, 0.5) is 0 Å². The van der Waals surface area contributed by atoms with Gasteiger partial charge in [-0.05, 0) is 49.0 Å². The molecule has 0 saturated heterocycles. The second-order valence-electron chi connectivity index (χ2n) is 8.23. The van der Waals surface area contributed by atoms with Crippen molar-refractivity contribution in [2.24, 2.45) is 5.92 Å². The molecule has 0 bridgehead atoms. The van der Waals surface area contributed by atoms with Gasteiger partial charge in [-0.3, -0.25) is 0 Å². The molecule has 1 unspecified atom stereocenters. The van der Waals surface area contributed by atoms with E-state index in [-0.39, 0.29) is 11.0 Å². The number of hydrogen-bond acceptors (Lipinski definition) is 4. The number of thiophene rings is 1. The first kappa shape index (κ1) is 20.9. The summed E-state index contributed by atoms with van der Waals surface area (Å²) in [6.07, 6.45) is 1.62. The lowest BCUT2D eigenvalue weighted by atomic mass is 9.74. The van der Waals surface area contributed by atoms with Crippen molar-refractivity contribution in [3.8, 4) is 12.1 Å². The fourth-order valence-electron chi connectivity index (χ4n) is 2.47. The molecule has 1 rings (SSSR count).